The summed E-state index contributed by atoms with van der Waals surface area (Å²) in [5, 5.41) is 24.0. The predicted octanol–water partition coefficient (Wildman–Crippen LogP) is 2.70. The van der Waals surface area contributed by atoms with E-state index in [-0.39, 0.29) is 13.2 Å². The largest absolute Gasteiger partial charge is 0.491 e. The first-order chi connectivity index (χ1) is 20.0. The highest BCUT2D eigenvalue weighted by Crippen LogP contribution is 2.46. The molecule has 220 valence electrons. The van der Waals surface area contributed by atoms with Gasteiger partial charge in [-0.3, -0.25) is 9.80 Å². The van der Waals surface area contributed by atoms with Crippen molar-refractivity contribution in [2.75, 3.05) is 79.7 Å². The van der Waals surface area contributed by atoms with Crippen LogP contribution in [0.2, 0.25) is 0 Å². The van der Waals surface area contributed by atoms with Crippen LogP contribution in [0.5, 0.6) is 11.5 Å². The third-order valence-electron chi connectivity index (χ3n) is 8.02. The maximum absolute atomic E-state index is 10.7. The summed E-state index contributed by atoms with van der Waals surface area (Å²) in [5.41, 5.74) is 5.50. The molecule has 8 nitrogen and oxygen atoms in total. The molecule has 1 heterocycles. The summed E-state index contributed by atoms with van der Waals surface area (Å²) >= 11 is 0. The molecule has 1 aliphatic heterocycles. The van der Waals surface area contributed by atoms with E-state index in [1.165, 1.54) is 22.3 Å². The van der Waals surface area contributed by atoms with E-state index in [0.29, 0.717) is 30.6 Å². The molecule has 0 aromatic heterocycles. The van der Waals surface area contributed by atoms with Crippen LogP contribution in [0.25, 0.3) is 11.1 Å². The number of aliphatic hydroxyl groups is 2. The Bertz CT molecular complexity index is 1190. The number of likely N-dealkylation sites (N-methyl/N-ethyl adjacent to an activating group) is 2. The zero-order chi connectivity index (χ0) is 28.6. The molecule has 2 unspecified atom stereocenters. The van der Waals surface area contributed by atoms with Crippen LogP contribution in [0.4, 0.5) is 0 Å². The molecule has 3 aromatic carbocycles. The number of fused-ring (bicyclic) bond motifs is 3. The van der Waals surface area contributed by atoms with Gasteiger partial charge in [0.1, 0.15) is 36.9 Å². The van der Waals surface area contributed by atoms with Gasteiger partial charge in [0.25, 0.3) is 0 Å². The van der Waals surface area contributed by atoms with Gasteiger partial charge in [0, 0.05) is 52.4 Å². The van der Waals surface area contributed by atoms with Gasteiger partial charge in [0.2, 0.25) is 0 Å². The Morgan fingerprint density at radius 3 is 1.90 bits per heavy atom. The summed E-state index contributed by atoms with van der Waals surface area (Å²) in [4.78, 5) is 6.98. The summed E-state index contributed by atoms with van der Waals surface area (Å²) in [6, 6.07) is 25.2. The highest BCUT2D eigenvalue weighted by atomic mass is 16.5. The maximum Gasteiger partial charge on any atom is 0.119 e. The van der Waals surface area contributed by atoms with Crippen molar-refractivity contribution in [2.45, 2.75) is 18.2 Å². The molecule has 41 heavy (non-hydrogen) atoms. The van der Waals surface area contributed by atoms with Crippen LogP contribution in [0.15, 0.2) is 72.8 Å². The number of nitrogens with zero attached hydrogens (tertiary/aromatic N) is 3. The number of benzene rings is 3. The summed E-state index contributed by atoms with van der Waals surface area (Å²) in [7, 11) is 3.90. The van der Waals surface area contributed by atoms with Crippen LogP contribution < -0.4 is 14.8 Å². The Labute approximate surface area is 244 Å². The van der Waals surface area contributed by atoms with Crippen molar-refractivity contribution in [1.82, 2.24) is 20.0 Å². The first-order valence-electron chi connectivity index (χ1n) is 14.7. The molecule has 0 saturated carbocycles. The van der Waals surface area contributed by atoms with Crippen LogP contribution in [0.3, 0.4) is 0 Å². The lowest BCUT2D eigenvalue weighted by Gasteiger charge is -2.39. The lowest BCUT2D eigenvalue weighted by atomic mass is 10.0. The number of hydrogen-bond donors (Lipinski definition) is 3. The van der Waals surface area contributed by atoms with E-state index in [1.807, 2.05) is 38.4 Å². The molecule has 1 fully saturated rings. The average molecular weight is 561 g/mol. The lowest BCUT2D eigenvalue weighted by Crippen LogP contribution is -2.50. The maximum atomic E-state index is 10.7. The number of aliphatic hydroxyl groups excluding tert-OH is 2. The molecule has 3 aromatic rings. The van der Waals surface area contributed by atoms with Crippen LogP contribution in [0.1, 0.15) is 17.2 Å². The van der Waals surface area contributed by atoms with E-state index in [0.717, 1.165) is 39.3 Å². The molecule has 0 radical (unpaired) electrons. The van der Waals surface area contributed by atoms with Crippen LogP contribution in [-0.4, -0.2) is 117 Å². The molecule has 8 heteroatoms. The highest BCUT2D eigenvalue weighted by molar-refractivity contribution is 5.78. The predicted molar refractivity (Wildman–Crippen MR) is 163 cm³/mol. The van der Waals surface area contributed by atoms with E-state index >= 15 is 0 Å². The number of piperazine rings is 1. The Balaban J connectivity index is 1.03. The number of hydrogen-bond acceptors (Lipinski definition) is 8. The van der Waals surface area contributed by atoms with Crippen molar-refractivity contribution >= 4 is 0 Å². The fourth-order valence-corrected chi connectivity index (χ4v) is 5.90. The standard InChI is InChI=1S/C33H44N4O4/c1-34-15-16-35(2)21-25(38)23-40-27-11-13-28(14-12-27)41-24-26(39)22-36-17-19-37(20-18-36)33-31-9-5-3-7-29(31)30-8-4-6-10-32(30)33/h3-14,25-26,33-34,38-39H,15-24H2,1-2H3. The minimum atomic E-state index is -0.569. The van der Waals surface area contributed by atoms with E-state index in [1.54, 1.807) is 0 Å². The zero-order valence-corrected chi connectivity index (χ0v) is 24.3. The topological polar surface area (TPSA) is 80.7 Å². The van der Waals surface area contributed by atoms with Gasteiger partial charge < -0.3 is 29.9 Å². The van der Waals surface area contributed by atoms with E-state index in [2.05, 4.69) is 68.5 Å². The van der Waals surface area contributed by atoms with Crippen LogP contribution in [-0.2, 0) is 0 Å². The zero-order valence-electron chi connectivity index (χ0n) is 24.3. The minimum Gasteiger partial charge on any atom is -0.491 e. The second-order valence-electron chi connectivity index (χ2n) is 11.2. The molecule has 5 rings (SSSR count). The van der Waals surface area contributed by atoms with Gasteiger partial charge in [-0.15, -0.1) is 0 Å². The van der Waals surface area contributed by atoms with Gasteiger partial charge in [-0.25, -0.2) is 0 Å². The van der Waals surface area contributed by atoms with Crippen molar-refractivity contribution in [3.05, 3.63) is 83.9 Å². The molecule has 1 aliphatic carbocycles. The smallest absolute Gasteiger partial charge is 0.119 e. The molecule has 3 N–H and O–H groups in total. The summed E-state index contributed by atoms with van der Waals surface area (Å²) in [5.74, 6) is 1.37. The quantitative estimate of drug-likeness (QED) is 0.278. The van der Waals surface area contributed by atoms with Crippen molar-refractivity contribution in [3.8, 4) is 22.6 Å². The van der Waals surface area contributed by atoms with Gasteiger partial charge in [-0.2, -0.15) is 0 Å². The van der Waals surface area contributed by atoms with E-state index in [4.69, 9.17) is 9.47 Å². The van der Waals surface area contributed by atoms with Gasteiger partial charge in [0.05, 0.1) is 6.04 Å². The first kappa shape index (κ1) is 29.5. The summed E-state index contributed by atoms with van der Waals surface area (Å²) in [6.07, 6.45) is -1.13. The lowest BCUT2D eigenvalue weighted by molar-refractivity contribution is 0.0404. The minimum absolute atomic E-state index is 0.232. The number of β-amino-alcohol motifs (C(OH)–C–C–N with tert-alkyl or cyclic N) is 1. The third kappa shape index (κ3) is 7.65. The number of rotatable bonds is 14. The monoisotopic (exact) mass is 560 g/mol. The van der Waals surface area contributed by atoms with E-state index in [9.17, 15) is 10.2 Å². The fourth-order valence-electron chi connectivity index (χ4n) is 5.90. The fraction of sp³-hybridized carbons (Fsp3) is 0.455. The molecule has 0 spiro atoms. The summed E-state index contributed by atoms with van der Waals surface area (Å²) in [6.45, 7) is 7.12. The van der Waals surface area contributed by atoms with Gasteiger partial charge in [-0.05, 0) is 60.6 Å². The first-order valence-corrected chi connectivity index (χ1v) is 14.7. The van der Waals surface area contributed by atoms with Gasteiger partial charge >= 0.3 is 0 Å². The molecule has 2 atom stereocenters. The summed E-state index contributed by atoms with van der Waals surface area (Å²) < 4.78 is 11.6. The molecular formula is C33H44N4O4. The second-order valence-corrected chi connectivity index (χ2v) is 11.2. The van der Waals surface area contributed by atoms with E-state index < -0.39 is 12.2 Å². The normalized spacial score (nSPS) is 17.3. The second kappa shape index (κ2) is 14.3. The van der Waals surface area contributed by atoms with Crippen molar-refractivity contribution in [2.24, 2.45) is 0 Å². The Hall–Kier alpha value is -2.98. The average Bonchev–Trinajstić information content (AvgIpc) is 3.33. The van der Waals surface area contributed by atoms with Crippen LogP contribution in [0, 0.1) is 0 Å². The molecule has 2 aliphatic rings. The van der Waals surface area contributed by atoms with Gasteiger partial charge in [-0.1, -0.05) is 48.5 Å². The highest BCUT2D eigenvalue weighted by Gasteiger charge is 2.34. The molecule has 0 amide bonds. The number of ether oxygens (including phenoxy) is 2. The Morgan fingerprint density at radius 2 is 1.34 bits per heavy atom. The van der Waals surface area contributed by atoms with Crippen LogP contribution >= 0.6 is 0 Å². The van der Waals surface area contributed by atoms with Crippen molar-refractivity contribution in [3.63, 3.8) is 0 Å². The van der Waals surface area contributed by atoms with Gasteiger partial charge in [0.15, 0.2) is 0 Å². The van der Waals surface area contributed by atoms with Crippen molar-refractivity contribution < 1.29 is 19.7 Å². The molecule has 0 bridgehead atoms. The molecular weight excluding hydrogens is 516 g/mol. The number of nitrogens with one attached hydrogen (secondary N) is 1. The third-order valence-corrected chi connectivity index (χ3v) is 8.02. The van der Waals surface area contributed by atoms with Crippen molar-refractivity contribution in [1.29, 1.82) is 0 Å². The molecule has 1 saturated heterocycles. The Morgan fingerprint density at radius 1 is 0.805 bits per heavy atom. The Kier molecular flexibility index (Phi) is 10.3. The SMILES string of the molecule is CNCCN(C)CC(O)COc1ccc(OCC(O)CN2CCN(C3c4ccccc4-c4ccccc43)CC2)cc1.